The fourth-order valence-electron chi connectivity index (χ4n) is 2.17. The number of nitrogens with one attached hydrogen (secondary N) is 2. The molecule has 0 bridgehead atoms. The lowest BCUT2D eigenvalue weighted by molar-refractivity contribution is -0.120. The summed E-state index contributed by atoms with van der Waals surface area (Å²) in [5.41, 5.74) is 2.25. The summed E-state index contributed by atoms with van der Waals surface area (Å²) in [6, 6.07) is 11.5. The molecule has 2 rings (SSSR count). The largest absolute Gasteiger partial charge is 0.350 e. The fourth-order valence-corrected chi connectivity index (χ4v) is 3.47. The number of rotatable bonds is 7. The normalized spacial score (nSPS) is 10.7. The molecule has 0 radical (unpaired) electrons. The first-order chi connectivity index (χ1) is 11.5. The second kappa shape index (κ2) is 8.96. The van der Waals surface area contributed by atoms with Crippen LogP contribution in [-0.2, 0) is 17.9 Å². The van der Waals surface area contributed by atoms with Crippen LogP contribution in [0.1, 0.15) is 20.8 Å². The molecular formula is C17H20BrN3O2S. The third-order valence-electron chi connectivity index (χ3n) is 3.29. The van der Waals surface area contributed by atoms with Crippen molar-refractivity contribution in [2.24, 2.45) is 0 Å². The minimum absolute atomic E-state index is 0.0375. The summed E-state index contributed by atoms with van der Waals surface area (Å²) in [7, 11) is 4.02. The number of thiophene rings is 1. The zero-order chi connectivity index (χ0) is 17.5. The molecule has 128 valence electrons. The Kier molecular flexibility index (Phi) is 6.96. The van der Waals surface area contributed by atoms with E-state index in [0.717, 1.165) is 15.9 Å². The van der Waals surface area contributed by atoms with E-state index in [1.165, 1.54) is 16.9 Å². The van der Waals surface area contributed by atoms with Gasteiger partial charge in [0.15, 0.2) is 0 Å². The smallest absolute Gasteiger partial charge is 0.261 e. The number of carbonyl (C=O) groups is 2. The zero-order valence-corrected chi connectivity index (χ0v) is 16.0. The molecule has 24 heavy (non-hydrogen) atoms. The van der Waals surface area contributed by atoms with Crippen LogP contribution >= 0.6 is 27.3 Å². The number of benzene rings is 1. The van der Waals surface area contributed by atoms with Crippen molar-refractivity contribution in [2.75, 3.05) is 20.6 Å². The van der Waals surface area contributed by atoms with Crippen LogP contribution in [0.5, 0.6) is 0 Å². The minimum atomic E-state index is -0.242. The van der Waals surface area contributed by atoms with Crippen molar-refractivity contribution >= 4 is 39.1 Å². The number of halogens is 1. The summed E-state index contributed by atoms with van der Waals surface area (Å²) in [5.74, 6) is -0.451. The van der Waals surface area contributed by atoms with Gasteiger partial charge in [0.1, 0.15) is 0 Å². The second-order valence-electron chi connectivity index (χ2n) is 5.57. The van der Waals surface area contributed by atoms with Gasteiger partial charge < -0.3 is 15.5 Å². The molecule has 1 heterocycles. The van der Waals surface area contributed by atoms with Crippen molar-refractivity contribution in [1.82, 2.24) is 15.5 Å². The first kappa shape index (κ1) is 18.6. The lowest BCUT2D eigenvalue weighted by Gasteiger charge is -2.14. The number of nitrogens with zero attached hydrogens (tertiary/aromatic N) is 1. The van der Waals surface area contributed by atoms with E-state index >= 15 is 0 Å². The molecule has 2 aromatic rings. The molecule has 0 aliphatic carbocycles. The van der Waals surface area contributed by atoms with Crippen LogP contribution in [0.4, 0.5) is 0 Å². The van der Waals surface area contributed by atoms with Gasteiger partial charge in [-0.25, -0.2) is 0 Å². The highest BCUT2D eigenvalue weighted by Crippen LogP contribution is 2.21. The van der Waals surface area contributed by atoms with Crippen molar-refractivity contribution < 1.29 is 9.59 Å². The van der Waals surface area contributed by atoms with Crippen LogP contribution in [0.15, 0.2) is 40.2 Å². The molecule has 1 aromatic carbocycles. The van der Waals surface area contributed by atoms with Crippen LogP contribution in [0.3, 0.4) is 0 Å². The van der Waals surface area contributed by atoms with E-state index in [1.54, 1.807) is 12.1 Å². The van der Waals surface area contributed by atoms with Gasteiger partial charge in [-0.2, -0.15) is 0 Å². The zero-order valence-electron chi connectivity index (χ0n) is 13.6. The van der Waals surface area contributed by atoms with Gasteiger partial charge in [-0.1, -0.05) is 24.3 Å². The van der Waals surface area contributed by atoms with Crippen LogP contribution < -0.4 is 10.6 Å². The molecule has 2 amide bonds. The van der Waals surface area contributed by atoms with Gasteiger partial charge in [0.2, 0.25) is 5.91 Å². The molecule has 0 atom stereocenters. The van der Waals surface area contributed by atoms with E-state index in [1.807, 2.05) is 32.3 Å². The molecule has 0 aliphatic rings. The summed E-state index contributed by atoms with van der Waals surface area (Å²) in [4.78, 5) is 26.5. The van der Waals surface area contributed by atoms with Crippen LogP contribution in [-0.4, -0.2) is 37.4 Å². The molecule has 0 aliphatic heterocycles. The van der Waals surface area contributed by atoms with Crippen molar-refractivity contribution in [3.8, 4) is 0 Å². The third-order valence-corrected chi connectivity index (χ3v) is 4.91. The molecule has 0 unspecified atom stereocenters. The number of carbonyl (C=O) groups excluding carboxylic acids is 2. The molecule has 0 fully saturated rings. The van der Waals surface area contributed by atoms with Crippen molar-refractivity contribution in [3.63, 3.8) is 0 Å². The Labute approximate surface area is 154 Å². The Morgan fingerprint density at radius 3 is 2.42 bits per heavy atom. The first-order valence-electron chi connectivity index (χ1n) is 7.47. The fraction of sp³-hybridized carbons (Fsp3) is 0.294. The molecule has 1 aromatic heterocycles. The van der Waals surface area contributed by atoms with Crippen LogP contribution in [0.25, 0.3) is 0 Å². The molecular weight excluding hydrogens is 390 g/mol. The first-order valence-corrected chi connectivity index (χ1v) is 9.08. The van der Waals surface area contributed by atoms with E-state index in [2.05, 4.69) is 37.5 Å². The summed E-state index contributed by atoms with van der Waals surface area (Å²) in [6.07, 6.45) is 0. The van der Waals surface area contributed by atoms with E-state index in [0.29, 0.717) is 11.4 Å². The molecule has 0 spiro atoms. The highest BCUT2D eigenvalue weighted by atomic mass is 79.9. The summed E-state index contributed by atoms with van der Waals surface area (Å²) >= 11 is 4.64. The van der Waals surface area contributed by atoms with E-state index < -0.39 is 0 Å². The molecule has 0 saturated carbocycles. The van der Waals surface area contributed by atoms with Gasteiger partial charge >= 0.3 is 0 Å². The molecule has 2 N–H and O–H groups in total. The second-order valence-corrected chi connectivity index (χ2v) is 8.03. The predicted molar refractivity (Wildman–Crippen MR) is 100 cm³/mol. The van der Waals surface area contributed by atoms with Crippen LogP contribution in [0, 0.1) is 0 Å². The molecule has 7 heteroatoms. The van der Waals surface area contributed by atoms with Gasteiger partial charge in [-0.05, 0) is 53.3 Å². The number of amides is 2. The minimum Gasteiger partial charge on any atom is -0.350 e. The third kappa shape index (κ3) is 5.74. The average Bonchev–Trinajstić information content (AvgIpc) is 2.98. The Balaban J connectivity index is 1.82. The van der Waals surface area contributed by atoms with Crippen molar-refractivity contribution in [1.29, 1.82) is 0 Å². The van der Waals surface area contributed by atoms with Crippen molar-refractivity contribution in [2.45, 2.75) is 13.1 Å². The summed E-state index contributed by atoms with van der Waals surface area (Å²) < 4.78 is 0.884. The van der Waals surface area contributed by atoms with Gasteiger partial charge in [0, 0.05) is 13.1 Å². The Bertz CT molecular complexity index is 715. The van der Waals surface area contributed by atoms with E-state index in [9.17, 15) is 9.59 Å². The monoisotopic (exact) mass is 409 g/mol. The SMILES string of the molecule is CN(C)Cc1ccccc1CNC(=O)CNC(=O)c1ccc(Br)s1. The Morgan fingerprint density at radius 2 is 1.79 bits per heavy atom. The summed E-state index contributed by atoms with van der Waals surface area (Å²) in [5, 5.41) is 5.47. The van der Waals surface area contributed by atoms with E-state index in [4.69, 9.17) is 0 Å². The molecule has 5 nitrogen and oxygen atoms in total. The van der Waals surface area contributed by atoms with Gasteiger partial charge in [0.05, 0.1) is 15.2 Å². The van der Waals surface area contributed by atoms with Gasteiger partial charge in [-0.15, -0.1) is 11.3 Å². The topological polar surface area (TPSA) is 61.4 Å². The maximum absolute atomic E-state index is 11.9. The highest BCUT2D eigenvalue weighted by Gasteiger charge is 2.10. The Morgan fingerprint density at radius 1 is 1.08 bits per heavy atom. The number of hydrogen-bond acceptors (Lipinski definition) is 4. The highest BCUT2D eigenvalue weighted by molar-refractivity contribution is 9.11. The van der Waals surface area contributed by atoms with Crippen LogP contribution in [0.2, 0.25) is 0 Å². The number of hydrogen-bond donors (Lipinski definition) is 2. The maximum atomic E-state index is 11.9. The standard InChI is InChI=1S/C17H20BrN3O2S/c1-21(2)11-13-6-4-3-5-12(13)9-19-16(22)10-20-17(23)14-7-8-15(18)24-14/h3-8H,9-11H2,1-2H3,(H,19,22)(H,20,23). The lowest BCUT2D eigenvalue weighted by atomic mass is 10.1. The van der Waals surface area contributed by atoms with Gasteiger partial charge in [0.25, 0.3) is 5.91 Å². The lowest BCUT2D eigenvalue weighted by Crippen LogP contribution is -2.36. The summed E-state index contributed by atoms with van der Waals surface area (Å²) in [6.45, 7) is 1.23. The quantitative estimate of drug-likeness (QED) is 0.738. The Hall–Kier alpha value is -1.70. The molecule has 0 saturated heterocycles. The maximum Gasteiger partial charge on any atom is 0.261 e. The average molecular weight is 410 g/mol. The van der Waals surface area contributed by atoms with E-state index in [-0.39, 0.29) is 18.4 Å². The van der Waals surface area contributed by atoms with Gasteiger partial charge in [-0.3, -0.25) is 9.59 Å². The predicted octanol–water partition coefficient (Wildman–Crippen LogP) is 2.62. The van der Waals surface area contributed by atoms with Crippen molar-refractivity contribution in [3.05, 3.63) is 56.2 Å².